The monoisotopic (exact) mass is 295 g/mol. The smallest absolute Gasteiger partial charge is 0.411 e. The van der Waals surface area contributed by atoms with Gasteiger partial charge in [-0.25, -0.2) is 4.39 Å². The summed E-state index contributed by atoms with van der Waals surface area (Å²) in [6, 6.07) is 4.52. The molecule has 0 aliphatic heterocycles. The Morgan fingerprint density at radius 3 is 2.50 bits per heavy atom. The van der Waals surface area contributed by atoms with E-state index in [9.17, 15) is 17.6 Å². The summed E-state index contributed by atoms with van der Waals surface area (Å²) >= 11 is 0. The van der Waals surface area contributed by atoms with E-state index in [4.69, 9.17) is 10.5 Å². The molecule has 0 saturated carbocycles. The van der Waals surface area contributed by atoms with Crippen molar-refractivity contribution in [1.29, 1.82) is 0 Å². The van der Waals surface area contributed by atoms with Gasteiger partial charge in [-0.05, 0) is 30.7 Å². The molecule has 0 amide bonds. The lowest BCUT2D eigenvalue weighted by Gasteiger charge is -2.10. The van der Waals surface area contributed by atoms with Gasteiger partial charge < -0.3 is 15.2 Å². The maximum atomic E-state index is 13.6. The van der Waals surface area contributed by atoms with Crippen LogP contribution in [-0.2, 0) is 11.2 Å². The Bertz CT molecular complexity index is 410. The van der Waals surface area contributed by atoms with E-state index in [1.807, 2.05) is 0 Å². The molecule has 7 heteroatoms. The van der Waals surface area contributed by atoms with E-state index in [1.54, 1.807) is 6.07 Å². The van der Waals surface area contributed by atoms with Crippen LogP contribution < -0.4 is 10.5 Å². The molecule has 0 aliphatic rings. The number of alkyl halides is 3. The van der Waals surface area contributed by atoms with Crippen LogP contribution in [0.2, 0.25) is 0 Å². The molecule has 114 valence electrons. The standard InChI is InChI=1S/C13H17F4NO2/c14-11-8-10(4-5-18)2-3-12(11)20-7-1-6-19-9-13(15,16)17/h2-3,8H,1,4-7,9,18H2. The molecule has 0 saturated heterocycles. The predicted molar refractivity (Wildman–Crippen MR) is 66.1 cm³/mol. The van der Waals surface area contributed by atoms with Crippen LogP contribution >= 0.6 is 0 Å². The normalized spacial score (nSPS) is 11.7. The predicted octanol–water partition coefficient (Wildman–Crippen LogP) is 2.67. The summed E-state index contributed by atoms with van der Waals surface area (Å²) in [4.78, 5) is 0. The van der Waals surface area contributed by atoms with E-state index in [-0.39, 0.29) is 25.4 Å². The molecule has 0 heterocycles. The van der Waals surface area contributed by atoms with Crippen LogP contribution in [0.1, 0.15) is 12.0 Å². The third kappa shape index (κ3) is 6.72. The minimum Gasteiger partial charge on any atom is -0.490 e. The van der Waals surface area contributed by atoms with Crippen molar-refractivity contribution >= 4 is 0 Å². The average Bonchev–Trinajstić information content (AvgIpc) is 2.35. The fourth-order valence-corrected chi connectivity index (χ4v) is 1.51. The van der Waals surface area contributed by atoms with E-state index >= 15 is 0 Å². The number of nitrogens with two attached hydrogens (primary N) is 1. The van der Waals surface area contributed by atoms with Crippen LogP contribution in [0, 0.1) is 5.82 Å². The van der Waals surface area contributed by atoms with Gasteiger partial charge >= 0.3 is 6.18 Å². The van der Waals surface area contributed by atoms with Crippen LogP contribution in [0.4, 0.5) is 17.6 Å². The number of hydrogen-bond acceptors (Lipinski definition) is 3. The first-order valence-electron chi connectivity index (χ1n) is 6.18. The summed E-state index contributed by atoms with van der Waals surface area (Å²) in [7, 11) is 0. The van der Waals surface area contributed by atoms with Gasteiger partial charge in [0.2, 0.25) is 0 Å². The maximum absolute atomic E-state index is 13.6. The van der Waals surface area contributed by atoms with Gasteiger partial charge in [0.25, 0.3) is 0 Å². The maximum Gasteiger partial charge on any atom is 0.411 e. The fraction of sp³-hybridized carbons (Fsp3) is 0.538. The van der Waals surface area contributed by atoms with Gasteiger partial charge in [0.05, 0.1) is 13.2 Å². The molecule has 1 aromatic carbocycles. The van der Waals surface area contributed by atoms with Crippen LogP contribution in [0.25, 0.3) is 0 Å². The molecular weight excluding hydrogens is 278 g/mol. The first-order chi connectivity index (χ1) is 9.42. The summed E-state index contributed by atoms with van der Waals surface area (Å²) in [5, 5.41) is 0. The molecule has 0 aromatic heterocycles. The summed E-state index contributed by atoms with van der Waals surface area (Å²) in [6.45, 7) is -0.858. The fourth-order valence-electron chi connectivity index (χ4n) is 1.51. The molecule has 0 unspecified atom stereocenters. The third-order valence-electron chi connectivity index (χ3n) is 2.39. The second-order valence-electron chi connectivity index (χ2n) is 4.17. The lowest BCUT2D eigenvalue weighted by molar-refractivity contribution is -0.174. The van der Waals surface area contributed by atoms with E-state index in [0.717, 1.165) is 5.56 Å². The molecule has 0 atom stereocenters. The van der Waals surface area contributed by atoms with Crippen molar-refractivity contribution < 1.29 is 27.0 Å². The van der Waals surface area contributed by atoms with E-state index in [1.165, 1.54) is 12.1 Å². The second kappa shape index (κ2) is 8.06. The summed E-state index contributed by atoms with van der Waals surface area (Å²) in [5.74, 6) is -0.436. The van der Waals surface area contributed by atoms with Crippen molar-refractivity contribution in [3.63, 3.8) is 0 Å². The van der Waals surface area contributed by atoms with Gasteiger partial charge in [0, 0.05) is 6.42 Å². The first kappa shape index (κ1) is 16.7. The van der Waals surface area contributed by atoms with Gasteiger partial charge in [-0.3, -0.25) is 0 Å². The van der Waals surface area contributed by atoms with E-state index < -0.39 is 18.6 Å². The molecule has 0 radical (unpaired) electrons. The van der Waals surface area contributed by atoms with Crippen molar-refractivity contribution in [3.05, 3.63) is 29.6 Å². The zero-order chi connectivity index (χ0) is 15.0. The Kier molecular flexibility index (Phi) is 6.74. The van der Waals surface area contributed by atoms with Gasteiger partial charge in [-0.15, -0.1) is 0 Å². The highest BCUT2D eigenvalue weighted by atomic mass is 19.4. The Morgan fingerprint density at radius 1 is 1.15 bits per heavy atom. The molecule has 1 aromatic rings. The SMILES string of the molecule is NCCc1ccc(OCCCOCC(F)(F)F)c(F)c1. The average molecular weight is 295 g/mol. The number of ether oxygens (including phenoxy) is 2. The topological polar surface area (TPSA) is 44.5 Å². The first-order valence-corrected chi connectivity index (χ1v) is 6.18. The third-order valence-corrected chi connectivity index (χ3v) is 2.39. The number of hydrogen-bond donors (Lipinski definition) is 1. The second-order valence-corrected chi connectivity index (χ2v) is 4.17. The molecular formula is C13H17F4NO2. The molecule has 0 bridgehead atoms. The highest BCUT2D eigenvalue weighted by Crippen LogP contribution is 2.19. The molecule has 20 heavy (non-hydrogen) atoms. The van der Waals surface area contributed by atoms with Crippen molar-refractivity contribution in [2.75, 3.05) is 26.4 Å². The lowest BCUT2D eigenvalue weighted by Crippen LogP contribution is -2.18. The van der Waals surface area contributed by atoms with Crippen molar-refractivity contribution in [1.82, 2.24) is 0 Å². The van der Waals surface area contributed by atoms with Crippen LogP contribution in [0.5, 0.6) is 5.75 Å². The quantitative estimate of drug-likeness (QED) is 0.592. The Balaban J connectivity index is 2.25. The van der Waals surface area contributed by atoms with E-state index in [0.29, 0.717) is 13.0 Å². The number of halogens is 4. The summed E-state index contributed by atoms with van der Waals surface area (Å²) < 4.78 is 58.4. The molecule has 2 N–H and O–H groups in total. The molecule has 0 spiro atoms. The summed E-state index contributed by atoms with van der Waals surface area (Å²) in [5.41, 5.74) is 6.13. The van der Waals surface area contributed by atoms with Crippen LogP contribution in [0.3, 0.4) is 0 Å². The van der Waals surface area contributed by atoms with Gasteiger partial charge in [-0.2, -0.15) is 13.2 Å². The van der Waals surface area contributed by atoms with Crippen molar-refractivity contribution in [3.8, 4) is 5.75 Å². The Hall–Kier alpha value is -1.34. The minimum absolute atomic E-state index is 0.0709. The largest absolute Gasteiger partial charge is 0.490 e. The van der Waals surface area contributed by atoms with Crippen LogP contribution in [-0.4, -0.2) is 32.5 Å². The van der Waals surface area contributed by atoms with Crippen molar-refractivity contribution in [2.24, 2.45) is 5.73 Å². The molecule has 3 nitrogen and oxygen atoms in total. The van der Waals surface area contributed by atoms with Crippen molar-refractivity contribution in [2.45, 2.75) is 19.0 Å². The highest BCUT2D eigenvalue weighted by molar-refractivity contribution is 5.29. The Morgan fingerprint density at radius 2 is 1.90 bits per heavy atom. The number of rotatable bonds is 8. The van der Waals surface area contributed by atoms with Crippen LogP contribution in [0.15, 0.2) is 18.2 Å². The Labute approximate surface area is 114 Å². The molecule has 0 fully saturated rings. The minimum atomic E-state index is -4.33. The van der Waals surface area contributed by atoms with E-state index in [2.05, 4.69) is 4.74 Å². The molecule has 0 aliphatic carbocycles. The lowest BCUT2D eigenvalue weighted by atomic mass is 10.1. The van der Waals surface area contributed by atoms with Gasteiger partial charge in [0.1, 0.15) is 6.61 Å². The zero-order valence-electron chi connectivity index (χ0n) is 10.9. The zero-order valence-corrected chi connectivity index (χ0v) is 10.9. The molecule has 1 rings (SSSR count). The van der Waals surface area contributed by atoms with Gasteiger partial charge in [-0.1, -0.05) is 6.07 Å². The summed E-state index contributed by atoms with van der Waals surface area (Å²) in [6.07, 6.45) is -3.51. The van der Waals surface area contributed by atoms with Gasteiger partial charge in [0.15, 0.2) is 11.6 Å². The number of benzene rings is 1. The highest BCUT2D eigenvalue weighted by Gasteiger charge is 2.27.